The van der Waals surface area contributed by atoms with Crippen LogP contribution < -0.4 is 0 Å². The van der Waals surface area contributed by atoms with Gasteiger partial charge in [-0.25, -0.2) is 0 Å². The summed E-state index contributed by atoms with van der Waals surface area (Å²) in [5.41, 5.74) is 0. The third kappa shape index (κ3) is 25.0. The first kappa shape index (κ1) is 52.6. The predicted octanol–water partition coefficient (Wildman–Crippen LogP) is -0.0125. The summed E-state index contributed by atoms with van der Waals surface area (Å²) in [6, 6.07) is 0. The smallest absolute Gasteiger partial charge is 0 e. The normalized spacial score (nSPS) is 0. The van der Waals surface area contributed by atoms with Crippen LogP contribution in [0.3, 0.4) is 0 Å². The maximum absolute atomic E-state index is 0. The second-order valence-corrected chi connectivity index (χ2v) is 0. The molecule has 0 bridgehead atoms. The molecule has 0 fully saturated rings. The van der Waals surface area contributed by atoms with Gasteiger partial charge in [0.1, 0.15) is 0 Å². The van der Waals surface area contributed by atoms with Crippen molar-refractivity contribution < 1.29 is 122 Å². The quantitative estimate of drug-likeness (QED) is 0.391. The molecule has 6 heteroatoms. The van der Waals surface area contributed by atoms with Crippen LogP contribution in [0.15, 0.2) is 0 Å². The summed E-state index contributed by atoms with van der Waals surface area (Å²) in [6.45, 7) is 0. The molecule has 0 heterocycles. The van der Waals surface area contributed by atoms with Gasteiger partial charge in [0.25, 0.3) is 0 Å². The van der Waals surface area contributed by atoms with Crippen molar-refractivity contribution in [2.45, 2.75) is 0 Å². The molecule has 0 atom stereocenters. The summed E-state index contributed by atoms with van der Waals surface area (Å²) in [7, 11) is 0. The second-order valence-electron chi connectivity index (χ2n) is 0. The van der Waals surface area contributed by atoms with Crippen LogP contribution >= 0.6 is 0 Å². The molecule has 0 aliphatic heterocycles. The first-order valence-electron chi connectivity index (χ1n) is 0. The fourth-order valence-corrected chi connectivity index (χ4v) is 0. The van der Waals surface area contributed by atoms with E-state index in [9.17, 15) is 0 Å². The molecule has 0 spiro atoms. The fraction of sp³-hybridized carbons (Fsp3) is 0. The molecule has 0 nitrogen and oxygen atoms in total. The predicted molar refractivity (Wildman–Crippen MR) is 0 cm³/mol. The van der Waals surface area contributed by atoms with Gasteiger partial charge in [-0.05, 0) is 0 Å². The van der Waals surface area contributed by atoms with Crippen LogP contribution in [-0.2, 0) is 82.5 Å². The molecule has 54 valence electrons. The number of hydrogen-bond donors (Lipinski definition) is 0. The van der Waals surface area contributed by atoms with Gasteiger partial charge in [-0.15, -0.1) is 0 Å². The van der Waals surface area contributed by atoms with Crippen LogP contribution in [0.4, 0.5) is 0 Å². The van der Waals surface area contributed by atoms with Crippen molar-refractivity contribution in [1.82, 2.24) is 0 Å². The minimum absolute atomic E-state index is 0. The Morgan fingerprint density at radius 2 is 0.333 bits per heavy atom. The molecule has 0 radical (unpaired) electrons. The molecule has 0 saturated heterocycles. The summed E-state index contributed by atoms with van der Waals surface area (Å²) in [6.07, 6.45) is 0. The molecule has 0 saturated carbocycles. The molecule has 0 unspecified atom stereocenters. The third-order valence-electron chi connectivity index (χ3n) is 0. The zero-order valence-corrected chi connectivity index (χ0v) is 11.1. The third-order valence-corrected chi connectivity index (χ3v) is 0. The minimum Gasteiger partial charge on any atom is 0 e. The zero-order valence-electron chi connectivity index (χ0n) is 2.08. The second kappa shape index (κ2) is 37.1. The Balaban J connectivity index is 0. The van der Waals surface area contributed by atoms with E-state index < -0.39 is 0 Å². The van der Waals surface area contributed by atoms with E-state index in [-0.39, 0.29) is 122 Å². The van der Waals surface area contributed by atoms with Crippen LogP contribution in [0.5, 0.6) is 0 Å². The Hall–Kier alpha value is 3.79. The van der Waals surface area contributed by atoms with Gasteiger partial charge >= 0.3 is 0 Å². The van der Waals surface area contributed by atoms with Crippen LogP contribution in [0.25, 0.3) is 0 Å². The number of rotatable bonds is 0. The molecule has 0 rings (SSSR count). The summed E-state index contributed by atoms with van der Waals surface area (Å²) >= 11 is 0. The Labute approximate surface area is 120 Å². The molecule has 0 aromatic rings. The summed E-state index contributed by atoms with van der Waals surface area (Å²) in [5.74, 6) is 0. The van der Waals surface area contributed by atoms with Crippen LogP contribution in [-0.4, -0.2) is 0 Å². The first-order valence-corrected chi connectivity index (χ1v) is 0. The van der Waals surface area contributed by atoms with E-state index in [0.717, 1.165) is 0 Å². The molecule has 0 aliphatic rings. The average molecular weight is 526 g/mol. The molecule has 0 N–H and O–H groups in total. The van der Waals surface area contributed by atoms with Crippen LogP contribution in [0.2, 0.25) is 0 Å². The van der Waals surface area contributed by atoms with Crippen molar-refractivity contribution in [3.05, 3.63) is 0 Å². The Morgan fingerprint density at radius 3 is 0.333 bits per heavy atom. The van der Waals surface area contributed by atoms with Crippen molar-refractivity contribution in [3.63, 3.8) is 0 Å². The van der Waals surface area contributed by atoms with Crippen LogP contribution in [0.1, 0.15) is 0 Å². The van der Waals surface area contributed by atoms with Gasteiger partial charge in [0, 0.05) is 122 Å². The standard InChI is InChI=1S/5Ni.Th. The van der Waals surface area contributed by atoms with E-state index >= 15 is 0 Å². The molecule has 0 aromatic carbocycles. The van der Waals surface area contributed by atoms with E-state index in [1.54, 1.807) is 0 Å². The largest absolute Gasteiger partial charge is 0 e. The topological polar surface area (TPSA) is 0 Å². The Bertz CT molecular complexity index is 3.90. The van der Waals surface area contributed by atoms with E-state index in [2.05, 4.69) is 0 Å². The van der Waals surface area contributed by atoms with Crippen LogP contribution in [0, 0.1) is 39.9 Å². The number of hydrogen-bond acceptors (Lipinski definition) is 0. The van der Waals surface area contributed by atoms with Gasteiger partial charge in [0.05, 0.1) is 0 Å². The van der Waals surface area contributed by atoms with E-state index in [4.69, 9.17) is 0 Å². The van der Waals surface area contributed by atoms with Gasteiger partial charge in [0.15, 0.2) is 0 Å². The van der Waals surface area contributed by atoms with Gasteiger partial charge in [-0.3, -0.25) is 0 Å². The molecular formula is Ni5Th. The van der Waals surface area contributed by atoms with E-state index in [1.807, 2.05) is 0 Å². The monoisotopic (exact) mass is 522 g/mol. The van der Waals surface area contributed by atoms with Crippen molar-refractivity contribution in [2.24, 2.45) is 0 Å². The van der Waals surface area contributed by atoms with Crippen molar-refractivity contribution in [2.75, 3.05) is 0 Å². The molecule has 0 aromatic heterocycles. The zero-order chi connectivity index (χ0) is 0. The van der Waals surface area contributed by atoms with Gasteiger partial charge < -0.3 is 0 Å². The van der Waals surface area contributed by atoms with Gasteiger partial charge in [0.2, 0.25) is 0 Å². The summed E-state index contributed by atoms with van der Waals surface area (Å²) in [5, 5.41) is 0. The van der Waals surface area contributed by atoms with Gasteiger partial charge in [-0.1, -0.05) is 0 Å². The fourth-order valence-electron chi connectivity index (χ4n) is 0. The molecular weight excluding hydrogens is 526 g/mol. The molecule has 6 heavy (non-hydrogen) atoms. The maximum Gasteiger partial charge on any atom is 0 e. The van der Waals surface area contributed by atoms with E-state index in [0.29, 0.717) is 0 Å². The Kier molecular flexibility index (Phi) is 326. The van der Waals surface area contributed by atoms with E-state index in [1.165, 1.54) is 0 Å². The first-order chi connectivity index (χ1) is 0. The average Bonchev–Trinajstić information content (AvgIpc) is 0. The van der Waals surface area contributed by atoms with Gasteiger partial charge in [-0.2, -0.15) is 0 Å². The molecule has 0 aliphatic carbocycles. The Morgan fingerprint density at radius 1 is 0.333 bits per heavy atom. The van der Waals surface area contributed by atoms with Crippen molar-refractivity contribution in [3.8, 4) is 0 Å². The summed E-state index contributed by atoms with van der Waals surface area (Å²) < 4.78 is 0. The maximum atomic E-state index is 0. The van der Waals surface area contributed by atoms with Crippen molar-refractivity contribution in [1.29, 1.82) is 0 Å². The van der Waals surface area contributed by atoms with Crippen molar-refractivity contribution >= 4 is 0 Å². The SMILES string of the molecule is [Ni].[Ni].[Ni].[Ni].[Ni].[Th]. The minimum atomic E-state index is 0. The summed E-state index contributed by atoms with van der Waals surface area (Å²) in [4.78, 5) is 0. The molecule has 0 amide bonds.